The summed E-state index contributed by atoms with van der Waals surface area (Å²) in [4.78, 5) is -0.0344. The average molecular weight is 312 g/mol. The standard InChI is InChI=1S/C14H14F2N2O2S/c1-2-17-10-6-8-11(9-7-10)21(19,20)18-13-5-3-4-12(15)14(13)16/h3-9,17-18H,2H2,1H3. The first-order valence-electron chi connectivity index (χ1n) is 6.25. The second kappa shape index (κ2) is 6.09. The molecule has 0 aromatic heterocycles. The summed E-state index contributed by atoms with van der Waals surface area (Å²) in [5, 5.41) is 3.03. The van der Waals surface area contributed by atoms with Gasteiger partial charge in [0.15, 0.2) is 11.6 Å². The topological polar surface area (TPSA) is 58.2 Å². The monoisotopic (exact) mass is 312 g/mol. The van der Waals surface area contributed by atoms with Gasteiger partial charge in [-0.15, -0.1) is 0 Å². The lowest BCUT2D eigenvalue weighted by Gasteiger charge is -2.10. The van der Waals surface area contributed by atoms with Crippen LogP contribution in [0.25, 0.3) is 0 Å². The summed E-state index contributed by atoms with van der Waals surface area (Å²) < 4.78 is 52.8. The van der Waals surface area contributed by atoms with Gasteiger partial charge in [0.25, 0.3) is 10.0 Å². The van der Waals surface area contributed by atoms with Gasteiger partial charge in [0.05, 0.1) is 10.6 Å². The van der Waals surface area contributed by atoms with Gasteiger partial charge in [-0.25, -0.2) is 17.2 Å². The molecule has 0 fully saturated rings. The molecule has 0 aliphatic heterocycles. The van der Waals surface area contributed by atoms with E-state index in [-0.39, 0.29) is 4.90 Å². The van der Waals surface area contributed by atoms with E-state index in [1.165, 1.54) is 18.2 Å². The maximum absolute atomic E-state index is 13.5. The minimum atomic E-state index is -3.97. The van der Waals surface area contributed by atoms with Crippen LogP contribution in [0.4, 0.5) is 20.2 Å². The molecule has 21 heavy (non-hydrogen) atoms. The van der Waals surface area contributed by atoms with Crippen molar-refractivity contribution in [2.24, 2.45) is 0 Å². The van der Waals surface area contributed by atoms with Gasteiger partial charge >= 0.3 is 0 Å². The summed E-state index contributed by atoms with van der Waals surface area (Å²) in [6.45, 7) is 2.62. The van der Waals surface area contributed by atoms with Gasteiger partial charge in [-0.05, 0) is 43.3 Å². The fraction of sp³-hybridized carbons (Fsp3) is 0.143. The van der Waals surface area contributed by atoms with Gasteiger partial charge in [0.1, 0.15) is 0 Å². The molecule has 0 spiro atoms. The Kier molecular flexibility index (Phi) is 4.42. The molecule has 4 nitrogen and oxygen atoms in total. The largest absolute Gasteiger partial charge is 0.385 e. The maximum atomic E-state index is 13.5. The van der Waals surface area contributed by atoms with Crippen LogP contribution in [0.5, 0.6) is 0 Å². The van der Waals surface area contributed by atoms with Crippen LogP contribution < -0.4 is 10.0 Å². The third-order valence-electron chi connectivity index (χ3n) is 2.74. The Morgan fingerprint density at radius 2 is 1.71 bits per heavy atom. The van der Waals surface area contributed by atoms with Crippen LogP contribution in [0.2, 0.25) is 0 Å². The van der Waals surface area contributed by atoms with Crippen LogP contribution in [0.1, 0.15) is 6.92 Å². The minimum Gasteiger partial charge on any atom is -0.385 e. The molecule has 0 radical (unpaired) electrons. The number of hydrogen-bond donors (Lipinski definition) is 2. The van der Waals surface area contributed by atoms with E-state index >= 15 is 0 Å². The number of nitrogens with one attached hydrogen (secondary N) is 2. The number of sulfonamides is 1. The molecule has 0 bridgehead atoms. The van der Waals surface area contributed by atoms with Crippen molar-refractivity contribution >= 4 is 21.4 Å². The van der Waals surface area contributed by atoms with E-state index in [0.29, 0.717) is 6.54 Å². The lowest BCUT2D eigenvalue weighted by Crippen LogP contribution is -2.14. The summed E-state index contributed by atoms with van der Waals surface area (Å²) in [6.07, 6.45) is 0. The zero-order chi connectivity index (χ0) is 15.5. The molecule has 2 N–H and O–H groups in total. The summed E-state index contributed by atoms with van der Waals surface area (Å²) in [5.41, 5.74) is 0.346. The highest BCUT2D eigenvalue weighted by atomic mass is 32.2. The molecule has 0 aliphatic carbocycles. The van der Waals surface area contributed by atoms with Gasteiger partial charge in [-0.2, -0.15) is 0 Å². The predicted molar refractivity (Wildman–Crippen MR) is 77.8 cm³/mol. The molecule has 0 amide bonds. The van der Waals surface area contributed by atoms with E-state index < -0.39 is 27.3 Å². The second-order valence-electron chi connectivity index (χ2n) is 4.26. The van der Waals surface area contributed by atoms with Crippen molar-refractivity contribution in [3.63, 3.8) is 0 Å². The third kappa shape index (κ3) is 3.49. The first-order valence-corrected chi connectivity index (χ1v) is 7.73. The number of rotatable bonds is 5. The van der Waals surface area contributed by atoms with Crippen molar-refractivity contribution in [3.05, 3.63) is 54.1 Å². The molecule has 0 saturated heterocycles. The zero-order valence-electron chi connectivity index (χ0n) is 11.2. The van der Waals surface area contributed by atoms with Crippen molar-refractivity contribution in [1.82, 2.24) is 0 Å². The molecule has 112 valence electrons. The Hall–Kier alpha value is -2.15. The minimum absolute atomic E-state index is 0.0344. The Bertz CT molecular complexity index is 731. The summed E-state index contributed by atoms with van der Waals surface area (Å²) >= 11 is 0. The lowest BCUT2D eigenvalue weighted by molar-refractivity contribution is 0.511. The van der Waals surface area contributed by atoms with Crippen LogP contribution in [-0.4, -0.2) is 15.0 Å². The fourth-order valence-corrected chi connectivity index (χ4v) is 2.80. The summed E-state index contributed by atoms with van der Waals surface area (Å²) in [7, 11) is -3.97. The highest BCUT2D eigenvalue weighted by molar-refractivity contribution is 7.92. The first-order chi connectivity index (χ1) is 9.94. The molecule has 0 saturated carbocycles. The predicted octanol–water partition coefficient (Wildman–Crippen LogP) is 3.20. The van der Waals surface area contributed by atoms with Crippen molar-refractivity contribution in [2.75, 3.05) is 16.6 Å². The Morgan fingerprint density at radius 1 is 1.05 bits per heavy atom. The van der Waals surface area contributed by atoms with E-state index in [1.54, 1.807) is 12.1 Å². The van der Waals surface area contributed by atoms with Crippen LogP contribution >= 0.6 is 0 Å². The third-order valence-corrected chi connectivity index (χ3v) is 4.12. The van der Waals surface area contributed by atoms with Gasteiger partial charge in [0, 0.05) is 12.2 Å². The summed E-state index contributed by atoms with van der Waals surface area (Å²) in [6, 6.07) is 9.26. The van der Waals surface area contributed by atoms with Crippen LogP contribution in [0, 0.1) is 11.6 Å². The quantitative estimate of drug-likeness (QED) is 0.891. The van der Waals surface area contributed by atoms with E-state index in [4.69, 9.17) is 0 Å². The zero-order valence-corrected chi connectivity index (χ0v) is 12.0. The van der Waals surface area contributed by atoms with E-state index in [0.717, 1.165) is 17.8 Å². The van der Waals surface area contributed by atoms with Gasteiger partial charge in [-0.3, -0.25) is 4.72 Å². The Labute approximate surface area is 121 Å². The van der Waals surface area contributed by atoms with E-state index in [9.17, 15) is 17.2 Å². The van der Waals surface area contributed by atoms with Crippen molar-refractivity contribution in [2.45, 2.75) is 11.8 Å². The highest BCUT2D eigenvalue weighted by Gasteiger charge is 2.17. The number of anilines is 2. The summed E-state index contributed by atoms with van der Waals surface area (Å²) in [5.74, 6) is -2.34. The molecule has 2 aromatic carbocycles. The molecule has 0 heterocycles. The molecular weight excluding hydrogens is 298 g/mol. The number of halogens is 2. The molecular formula is C14H14F2N2O2S. The second-order valence-corrected chi connectivity index (χ2v) is 5.94. The van der Waals surface area contributed by atoms with Gasteiger partial charge in [0.2, 0.25) is 0 Å². The van der Waals surface area contributed by atoms with Crippen LogP contribution in [0.3, 0.4) is 0 Å². The van der Waals surface area contributed by atoms with Crippen molar-refractivity contribution < 1.29 is 17.2 Å². The number of benzene rings is 2. The highest BCUT2D eigenvalue weighted by Crippen LogP contribution is 2.21. The lowest BCUT2D eigenvalue weighted by atomic mass is 10.3. The van der Waals surface area contributed by atoms with Crippen molar-refractivity contribution in [3.8, 4) is 0 Å². The number of hydrogen-bond acceptors (Lipinski definition) is 3. The molecule has 2 rings (SSSR count). The molecule has 0 unspecified atom stereocenters. The fourth-order valence-electron chi connectivity index (χ4n) is 1.74. The SMILES string of the molecule is CCNc1ccc(S(=O)(=O)Nc2cccc(F)c2F)cc1. The molecule has 2 aromatic rings. The first kappa shape index (κ1) is 15.2. The van der Waals surface area contributed by atoms with Crippen molar-refractivity contribution in [1.29, 1.82) is 0 Å². The van der Waals surface area contributed by atoms with Crippen LogP contribution in [0.15, 0.2) is 47.4 Å². The normalized spacial score (nSPS) is 11.2. The van der Waals surface area contributed by atoms with Crippen LogP contribution in [-0.2, 0) is 10.0 Å². The smallest absolute Gasteiger partial charge is 0.261 e. The molecule has 0 atom stereocenters. The Balaban J connectivity index is 2.27. The van der Waals surface area contributed by atoms with E-state index in [1.807, 2.05) is 11.6 Å². The Morgan fingerprint density at radius 3 is 2.33 bits per heavy atom. The molecule has 0 aliphatic rings. The molecule has 7 heteroatoms. The average Bonchev–Trinajstić information content (AvgIpc) is 2.45. The van der Waals surface area contributed by atoms with E-state index in [2.05, 4.69) is 5.32 Å². The van der Waals surface area contributed by atoms with Gasteiger partial charge < -0.3 is 5.32 Å². The van der Waals surface area contributed by atoms with Gasteiger partial charge in [-0.1, -0.05) is 6.07 Å². The maximum Gasteiger partial charge on any atom is 0.261 e.